The second-order valence-corrected chi connectivity index (χ2v) is 7.27. The summed E-state index contributed by atoms with van der Waals surface area (Å²) in [6, 6.07) is 17.4. The molecule has 0 spiro atoms. The third-order valence-corrected chi connectivity index (χ3v) is 5.67. The maximum absolute atomic E-state index is 13.1. The summed E-state index contributed by atoms with van der Waals surface area (Å²) in [5.41, 5.74) is 10.0. The zero-order chi connectivity index (χ0) is 21.3. The van der Waals surface area contributed by atoms with Crippen LogP contribution < -0.4 is 20.1 Å². The molecule has 4 rings (SSSR count). The zero-order valence-electron chi connectivity index (χ0n) is 17.0. The van der Waals surface area contributed by atoms with Crippen molar-refractivity contribution in [1.29, 1.82) is 5.26 Å². The molecule has 2 aliphatic rings. The molecule has 1 atom stereocenters. The van der Waals surface area contributed by atoms with Crippen molar-refractivity contribution in [3.8, 4) is 17.6 Å². The molecule has 0 radical (unpaired) electrons. The Bertz CT molecular complexity index is 1100. The molecule has 2 aromatic rings. The van der Waals surface area contributed by atoms with Crippen molar-refractivity contribution in [3.05, 3.63) is 76.8 Å². The Morgan fingerprint density at radius 3 is 2.47 bits per heavy atom. The number of methoxy groups -OCH3 is 2. The van der Waals surface area contributed by atoms with Gasteiger partial charge in [0, 0.05) is 23.4 Å². The molecule has 0 amide bonds. The highest BCUT2D eigenvalue weighted by atomic mass is 16.5. The van der Waals surface area contributed by atoms with E-state index in [1.165, 1.54) is 0 Å². The summed E-state index contributed by atoms with van der Waals surface area (Å²) in [4.78, 5) is 15.0. The Morgan fingerprint density at radius 1 is 1.07 bits per heavy atom. The minimum atomic E-state index is -0.530. The third-order valence-electron chi connectivity index (χ3n) is 5.67. The Labute approximate surface area is 175 Å². The van der Waals surface area contributed by atoms with E-state index in [0.717, 1.165) is 29.8 Å². The van der Waals surface area contributed by atoms with Gasteiger partial charge in [-0.3, -0.25) is 9.69 Å². The van der Waals surface area contributed by atoms with E-state index in [1.807, 2.05) is 47.4 Å². The average Bonchev–Trinajstić information content (AvgIpc) is 2.78. The van der Waals surface area contributed by atoms with Gasteiger partial charge in [-0.15, -0.1) is 0 Å². The van der Waals surface area contributed by atoms with Crippen LogP contribution in [0.3, 0.4) is 0 Å². The number of nitriles is 1. The van der Waals surface area contributed by atoms with Gasteiger partial charge in [0.15, 0.2) is 17.3 Å². The number of anilines is 1. The second-order valence-electron chi connectivity index (χ2n) is 7.27. The lowest BCUT2D eigenvalue weighted by Gasteiger charge is -2.39. The highest BCUT2D eigenvalue weighted by molar-refractivity contribution is 6.01. The Balaban J connectivity index is 1.95. The molecular formula is C24H23N3O3. The van der Waals surface area contributed by atoms with Crippen LogP contribution in [0.1, 0.15) is 30.7 Å². The van der Waals surface area contributed by atoms with Crippen LogP contribution in [0.15, 0.2) is 71.2 Å². The van der Waals surface area contributed by atoms with Gasteiger partial charge in [0.25, 0.3) is 0 Å². The predicted molar refractivity (Wildman–Crippen MR) is 114 cm³/mol. The largest absolute Gasteiger partial charge is 0.493 e. The fourth-order valence-electron chi connectivity index (χ4n) is 4.32. The van der Waals surface area contributed by atoms with Gasteiger partial charge < -0.3 is 15.2 Å². The monoisotopic (exact) mass is 401 g/mol. The van der Waals surface area contributed by atoms with E-state index in [0.29, 0.717) is 34.9 Å². The number of nitrogens with zero attached hydrogens (tertiary/aromatic N) is 2. The van der Waals surface area contributed by atoms with Crippen LogP contribution in [0.25, 0.3) is 0 Å². The Kier molecular flexibility index (Phi) is 5.20. The summed E-state index contributed by atoms with van der Waals surface area (Å²) in [7, 11) is 3.13. The third kappa shape index (κ3) is 3.09. The first kappa shape index (κ1) is 19.6. The molecule has 6 nitrogen and oxygen atoms in total. The molecule has 1 aliphatic heterocycles. The highest BCUT2D eigenvalue weighted by Gasteiger charge is 2.40. The number of benzene rings is 2. The standard InChI is InChI=1S/C24H23N3O3/c1-29-20-12-11-15(13-21(20)30-2)22-17(14-25)24(26)27(16-7-4-3-5-8-16)18-9-6-10-19(28)23(18)22/h3-5,7-8,11-13,22H,6,9-10,26H2,1-2H3/t22-/m0/s1. The number of nitrogens with two attached hydrogens (primary N) is 1. The lowest BCUT2D eigenvalue weighted by atomic mass is 9.75. The van der Waals surface area contributed by atoms with E-state index >= 15 is 0 Å². The first-order valence-corrected chi connectivity index (χ1v) is 9.83. The van der Waals surface area contributed by atoms with Crippen molar-refractivity contribution in [3.63, 3.8) is 0 Å². The normalized spacial score (nSPS) is 18.8. The molecule has 1 aliphatic carbocycles. The number of hydrogen-bond acceptors (Lipinski definition) is 6. The number of ketones is 1. The maximum Gasteiger partial charge on any atom is 0.161 e. The zero-order valence-corrected chi connectivity index (χ0v) is 17.0. The summed E-state index contributed by atoms with van der Waals surface area (Å²) in [6.45, 7) is 0. The van der Waals surface area contributed by atoms with Crippen LogP contribution in [0.2, 0.25) is 0 Å². The summed E-state index contributed by atoms with van der Waals surface area (Å²) in [5.74, 6) is 1.01. The van der Waals surface area contributed by atoms with Crippen LogP contribution in [-0.2, 0) is 4.79 Å². The molecule has 0 unspecified atom stereocenters. The van der Waals surface area contributed by atoms with E-state index in [-0.39, 0.29) is 5.78 Å². The smallest absolute Gasteiger partial charge is 0.161 e. The molecule has 0 saturated carbocycles. The minimum Gasteiger partial charge on any atom is -0.493 e. The molecule has 152 valence electrons. The van der Waals surface area contributed by atoms with Crippen molar-refractivity contribution < 1.29 is 14.3 Å². The van der Waals surface area contributed by atoms with Gasteiger partial charge in [0.2, 0.25) is 0 Å². The molecule has 0 fully saturated rings. The molecule has 0 bridgehead atoms. The van der Waals surface area contributed by atoms with E-state index in [4.69, 9.17) is 15.2 Å². The molecule has 2 aromatic carbocycles. The number of carbonyl (C=O) groups excluding carboxylic acids is 1. The highest BCUT2D eigenvalue weighted by Crippen LogP contribution is 2.47. The summed E-state index contributed by atoms with van der Waals surface area (Å²) >= 11 is 0. The quantitative estimate of drug-likeness (QED) is 0.833. The van der Waals surface area contributed by atoms with E-state index in [1.54, 1.807) is 20.3 Å². The van der Waals surface area contributed by atoms with Crippen LogP contribution >= 0.6 is 0 Å². The van der Waals surface area contributed by atoms with E-state index in [2.05, 4.69) is 6.07 Å². The van der Waals surface area contributed by atoms with E-state index in [9.17, 15) is 10.1 Å². The lowest BCUT2D eigenvalue weighted by Crippen LogP contribution is -2.38. The van der Waals surface area contributed by atoms with Gasteiger partial charge in [-0.05, 0) is 42.7 Å². The van der Waals surface area contributed by atoms with Crippen molar-refractivity contribution in [2.24, 2.45) is 5.73 Å². The van der Waals surface area contributed by atoms with Crippen LogP contribution in [0.4, 0.5) is 5.69 Å². The predicted octanol–water partition coefficient (Wildman–Crippen LogP) is 4.01. The number of para-hydroxylation sites is 1. The Morgan fingerprint density at radius 2 is 1.80 bits per heavy atom. The number of rotatable bonds is 4. The van der Waals surface area contributed by atoms with Crippen LogP contribution in [0, 0.1) is 11.3 Å². The Hall–Kier alpha value is -3.72. The summed E-state index contributed by atoms with van der Waals surface area (Å²) < 4.78 is 10.8. The van der Waals surface area contributed by atoms with Crippen molar-refractivity contribution in [2.75, 3.05) is 19.1 Å². The van der Waals surface area contributed by atoms with Gasteiger partial charge in [-0.2, -0.15) is 5.26 Å². The fraction of sp³-hybridized carbons (Fsp3) is 0.250. The van der Waals surface area contributed by atoms with Gasteiger partial charge in [0.05, 0.1) is 31.8 Å². The molecule has 30 heavy (non-hydrogen) atoms. The number of Topliss-reactive ketones (excluding diaryl/α,β-unsaturated/α-hetero) is 1. The van der Waals surface area contributed by atoms with Crippen LogP contribution in [0.5, 0.6) is 11.5 Å². The SMILES string of the molecule is COc1ccc([C@H]2C(C#N)=C(N)N(c3ccccc3)C3=C2C(=O)CCC3)cc1OC. The molecule has 0 saturated heterocycles. The molecule has 1 heterocycles. The van der Waals surface area contributed by atoms with Crippen molar-refractivity contribution >= 4 is 11.5 Å². The fourth-order valence-corrected chi connectivity index (χ4v) is 4.32. The number of ether oxygens (including phenoxy) is 2. The van der Waals surface area contributed by atoms with Gasteiger partial charge in [-0.1, -0.05) is 24.3 Å². The molecule has 6 heteroatoms. The molecule has 0 aromatic heterocycles. The minimum absolute atomic E-state index is 0.0530. The van der Waals surface area contributed by atoms with Gasteiger partial charge in [0.1, 0.15) is 5.82 Å². The number of allylic oxidation sites excluding steroid dienone is 3. The van der Waals surface area contributed by atoms with Crippen LogP contribution in [-0.4, -0.2) is 20.0 Å². The molecular weight excluding hydrogens is 378 g/mol. The second kappa shape index (κ2) is 7.96. The van der Waals surface area contributed by atoms with E-state index < -0.39 is 5.92 Å². The molecule has 2 N–H and O–H groups in total. The van der Waals surface area contributed by atoms with Gasteiger partial charge >= 0.3 is 0 Å². The summed E-state index contributed by atoms with van der Waals surface area (Å²) in [5, 5.41) is 10.1. The lowest BCUT2D eigenvalue weighted by molar-refractivity contribution is -0.116. The first-order chi connectivity index (χ1) is 14.6. The summed E-state index contributed by atoms with van der Waals surface area (Å²) in [6.07, 6.45) is 1.94. The average molecular weight is 401 g/mol. The van der Waals surface area contributed by atoms with Crippen molar-refractivity contribution in [1.82, 2.24) is 0 Å². The van der Waals surface area contributed by atoms with Crippen molar-refractivity contribution in [2.45, 2.75) is 25.2 Å². The first-order valence-electron chi connectivity index (χ1n) is 9.83. The van der Waals surface area contributed by atoms with Gasteiger partial charge in [-0.25, -0.2) is 0 Å². The topological polar surface area (TPSA) is 88.6 Å². The maximum atomic E-state index is 13.1. The number of carbonyl (C=O) groups is 1. The number of hydrogen-bond donors (Lipinski definition) is 1.